The molecule has 1 aliphatic rings. The summed E-state index contributed by atoms with van der Waals surface area (Å²) in [4.78, 5) is 16.7. The van der Waals surface area contributed by atoms with Gasteiger partial charge in [0.15, 0.2) is 0 Å². The summed E-state index contributed by atoms with van der Waals surface area (Å²) in [6.45, 7) is 1.36. The fraction of sp³-hybridized carbons (Fsp3) is 0.235. The van der Waals surface area contributed by atoms with Crippen molar-refractivity contribution in [2.24, 2.45) is 5.11 Å². The molecular formula is C17H16N4O2. The van der Waals surface area contributed by atoms with E-state index in [0.29, 0.717) is 18.8 Å². The van der Waals surface area contributed by atoms with Crippen LogP contribution in [0.3, 0.4) is 0 Å². The third-order valence-electron chi connectivity index (χ3n) is 3.83. The number of amides is 1. The number of carbonyl (C=O) groups excluding carboxylic acids is 1. The Hall–Kier alpha value is -2.98. The van der Waals surface area contributed by atoms with Crippen molar-refractivity contribution < 1.29 is 9.53 Å². The molecular weight excluding hydrogens is 292 g/mol. The maximum atomic E-state index is 12.2. The fourth-order valence-electron chi connectivity index (χ4n) is 2.62. The zero-order chi connectivity index (χ0) is 16.1. The lowest BCUT2D eigenvalue weighted by Crippen LogP contribution is -2.36. The molecule has 0 aliphatic carbocycles. The predicted molar refractivity (Wildman–Crippen MR) is 86.0 cm³/mol. The summed E-state index contributed by atoms with van der Waals surface area (Å²) >= 11 is 0. The molecule has 0 saturated heterocycles. The summed E-state index contributed by atoms with van der Waals surface area (Å²) in [6.07, 6.45) is 0.445. The second-order valence-electron chi connectivity index (χ2n) is 5.35. The average molecular weight is 308 g/mol. The van der Waals surface area contributed by atoms with Gasteiger partial charge in [0.2, 0.25) is 0 Å². The third-order valence-corrected chi connectivity index (χ3v) is 3.83. The summed E-state index contributed by atoms with van der Waals surface area (Å²) in [6, 6.07) is 15.2. The lowest BCUT2D eigenvalue weighted by Gasteiger charge is -2.28. The largest absolute Gasteiger partial charge is 0.445 e. The predicted octanol–water partition coefficient (Wildman–Crippen LogP) is 4.32. The van der Waals surface area contributed by atoms with Gasteiger partial charge in [-0.25, -0.2) is 4.79 Å². The molecule has 0 radical (unpaired) electrons. The van der Waals surface area contributed by atoms with Crippen molar-refractivity contribution in [2.75, 3.05) is 6.54 Å². The van der Waals surface area contributed by atoms with Gasteiger partial charge in [0, 0.05) is 23.7 Å². The number of carbonyl (C=O) groups is 1. The molecule has 0 spiro atoms. The maximum Gasteiger partial charge on any atom is 0.410 e. The topological polar surface area (TPSA) is 78.3 Å². The number of ether oxygens (including phenoxy) is 1. The molecule has 0 fully saturated rings. The number of nitrogens with zero attached hydrogens (tertiary/aromatic N) is 4. The molecule has 0 unspecified atom stereocenters. The van der Waals surface area contributed by atoms with Crippen molar-refractivity contribution in [3.8, 4) is 0 Å². The number of benzene rings is 2. The molecule has 6 heteroatoms. The number of hydrogen-bond acceptors (Lipinski definition) is 3. The van der Waals surface area contributed by atoms with Gasteiger partial charge in [0.25, 0.3) is 0 Å². The Morgan fingerprint density at radius 2 is 2.04 bits per heavy atom. The first-order chi connectivity index (χ1) is 11.3. The van der Waals surface area contributed by atoms with Crippen LogP contribution in [0.25, 0.3) is 10.4 Å². The molecule has 0 atom stereocenters. The first kappa shape index (κ1) is 14.9. The molecule has 116 valence electrons. The van der Waals surface area contributed by atoms with E-state index < -0.39 is 0 Å². The van der Waals surface area contributed by atoms with Gasteiger partial charge in [-0.3, -0.25) is 0 Å². The highest BCUT2D eigenvalue weighted by Gasteiger charge is 2.21. The summed E-state index contributed by atoms with van der Waals surface area (Å²) in [5.74, 6) is 0. The molecule has 0 aromatic heterocycles. The van der Waals surface area contributed by atoms with Gasteiger partial charge in [-0.1, -0.05) is 47.6 Å². The Labute approximate surface area is 133 Å². The van der Waals surface area contributed by atoms with E-state index in [0.717, 1.165) is 17.5 Å². The van der Waals surface area contributed by atoms with Gasteiger partial charge < -0.3 is 9.64 Å². The van der Waals surface area contributed by atoms with Crippen LogP contribution in [0.15, 0.2) is 53.6 Å². The molecule has 0 saturated carbocycles. The maximum absolute atomic E-state index is 12.2. The first-order valence-electron chi connectivity index (χ1n) is 7.39. The van der Waals surface area contributed by atoms with Crippen LogP contribution in [-0.2, 0) is 24.3 Å². The van der Waals surface area contributed by atoms with Crippen molar-refractivity contribution in [3.05, 3.63) is 75.7 Å². The summed E-state index contributed by atoms with van der Waals surface area (Å²) in [5, 5.41) is 3.61. The summed E-state index contributed by atoms with van der Waals surface area (Å²) < 4.78 is 5.37. The minimum atomic E-state index is -0.325. The Morgan fingerprint density at radius 3 is 2.83 bits per heavy atom. The van der Waals surface area contributed by atoms with E-state index >= 15 is 0 Å². The zero-order valence-corrected chi connectivity index (χ0v) is 12.6. The molecule has 2 aromatic carbocycles. The van der Waals surface area contributed by atoms with Crippen LogP contribution in [0.5, 0.6) is 0 Å². The Morgan fingerprint density at radius 1 is 1.22 bits per heavy atom. The molecule has 2 aromatic rings. The number of fused-ring (bicyclic) bond motifs is 1. The Balaban J connectivity index is 1.65. The fourth-order valence-corrected chi connectivity index (χ4v) is 2.62. The van der Waals surface area contributed by atoms with Gasteiger partial charge in [0.05, 0.1) is 0 Å². The van der Waals surface area contributed by atoms with Crippen LogP contribution >= 0.6 is 0 Å². The standard InChI is InChI=1S/C17H16N4O2/c18-20-19-16-7-6-14-8-9-21(11-15(14)10-16)17(22)23-12-13-4-2-1-3-5-13/h1-7,10H,8-9,11-12H2. The molecule has 1 heterocycles. The van der Waals surface area contributed by atoms with Gasteiger partial charge in [0.1, 0.15) is 6.61 Å². The number of hydrogen-bond donors (Lipinski definition) is 0. The van der Waals surface area contributed by atoms with Gasteiger partial charge >= 0.3 is 6.09 Å². The highest BCUT2D eigenvalue weighted by molar-refractivity contribution is 5.68. The normalized spacial score (nSPS) is 13.0. The lowest BCUT2D eigenvalue weighted by atomic mass is 9.99. The molecule has 3 rings (SSSR count). The second-order valence-corrected chi connectivity index (χ2v) is 5.35. The van der Waals surface area contributed by atoms with E-state index in [2.05, 4.69) is 10.0 Å². The van der Waals surface area contributed by atoms with Gasteiger partial charge in [-0.15, -0.1) is 0 Å². The smallest absolute Gasteiger partial charge is 0.410 e. The SMILES string of the molecule is [N-]=[N+]=Nc1ccc2c(c1)CN(C(=O)OCc1ccccc1)CC2. The average Bonchev–Trinajstić information content (AvgIpc) is 2.60. The molecule has 0 N–H and O–H groups in total. The van der Waals surface area contributed by atoms with Crippen LogP contribution < -0.4 is 0 Å². The Bertz CT molecular complexity index is 754. The van der Waals surface area contributed by atoms with E-state index in [1.165, 1.54) is 5.56 Å². The molecule has 6 nitrogen and oxygen atoms in total. The molecule has 23 heavy (non-hydrogen) atoms. The second kappa shape index (κ2) is 6.85. The summed E-state index contributed by atoms with van der Waals surface area (Å²) in [5.41, 5.74) is 12.2. The molecule has 0 bridgehead atoms. The number of azide groups is 1. The highest BCUT2D eigenvalue weighted by atomic mass is 16.6. The van der Waals surface area contributed by atoms with Crippen LogP contribution in [0.1, 0.15) is 16.7 Å². The minimum absolute atomic E-state index is 0.266. The van der Waals surface area contributed by atoms with E-state index in [1.54, 1.807) is 11.0 Å². The van der Waals surface area contributed by atoms with E-state index in [-0.39, 0.29) is 12.7 Å². The molecule has 1 aliphatic heterocycles. The van der Waals surface area contributed by atoms with E-state index in [1.807, 2.05) is 42.5 Å². The lowest BCUT2D eigenvalue weighted by molar-refractivity contribution is 0.0918. The zero-order valence-electron chi connectivity index (χ0n) is 12.6. The van der Waals surface area contributed by atoms with Crippen LogP contribution in [0.2, 0.25) is 0 Å². The van der Waals surface area contributed by atoms with Crippen LogP contribution in [-0.4, -0.2) is 17.5 Å². The van der Waals surface area contributed by atoms with E-state index in [9.17, 15) is 4.79 Å². The van der Waals surface area contributed by atoms with Crippen LogP contribution in [0, 0.1) is 0 Å². The van der Waals surface area contributed by atoms with E-state index in [4.69, 9.17) is 10.3 Å². The van der Waals surface area contributed by atoms with Gasteiger partial charge in [-0.2, -0.15) is 0 Å². The van der Waals surface area contributed by atoms with Crippen molar-refractivity contribution in [1.29, 1.82) is 0 Å². The third kappa shape index (κ3) is 3.62. The first-order valence-corrected chi connectivity index (χ1v) is 7.39. The van der Waals surface area contributed by atoms with Crippen molar-refractivity contribution in [2.45, 2.75) is 19.6 Å². The molecule has 1 amide bonds. The van der Waals surface area contributed by atoms with Crippen molar-refractivity contribution in [1.82, 2.24) is 4.90 Å². The van der Waals surface area contributed by atoms with Crippen molar-refractivity contribution in [3.63, 3.8) is 0 Å². The van der Waals surface area contributed by atoms with Gasteiger partial charge in [-0.05, 0) is 34.7 Å². The quantitative estimate of drug-likeness (QED) is 0.481. The number of rotatable bonds is 3. The monoisotopic (exact) mass is 308 g/mol. The Kier molecular flexibility index (Phi) is 4.45. The highest BCUT2D eigenvalue weighted by Crippen LogP contribution is 2.24. The van der Waals surface area contributed by atoms with Crippen molar-refractivity contribution >= 4 is 11.8 Å². The summed E-state index contributed by atoms with van der Waals surface area (Å²) in [7, 11) is 0. The van der Waals surface area contributed by atoms with Crippen LogP contribution in [0.4, 0.5) is 10.5 Å². The minimum Gasteiger partial charge on any atom is -0.445 e.